The second-order valence-corrected chi connectivity index (χ2v) is 10.5. The molecule has 2 atom stereocenters. The molecular weight excluding hydrogens is 494 g/mol. The first-order valence-electron chi connectivity index (χ1n) is 11.2. The van der Waals surface area contributed by atoms with E-state index in [4.69, 9.17) is 17.0 Å². The smallest absolute Gasteiger partial charge is 0.229 e. The molecular formula is C26H25N5O3S2. The van der Waals surface area contributed by atoms with Crippen LogP contribution in [0.2, 0.25) is 0 Å². The van der Waals surface area contributed by atoms with Crippen molar-refractivity contribution >= 4 is 38.7 Å². The number of thiocarbonyl (C=S) groups is 1. The molecule has 3 heterocycles. The fourth-order valence-corrected chi connectivity index (χ4v) is 5.43. The van der Waals surface area contributed by atoms with Crippen molar-refractivity contribution in [2.24, 2.45) is 0 Å². The lowest BCUT2D eigenvalue weighted by Crippen LogP contribution is -2.30. The zero-order valence-electron chi connectivity index (χ0n) is 19.7. The predicted octanol–water partition coefficient (Wildman–Crippen LogP) is 4.43. The highest BCUT2D eigenvalue weighted by Crippen LogP contribution is 2.43. The van der Waals surface area contributed by atoms with E-state index in [2.05, 4.69) is 25.7 Å². The Morgan fingerprint density at radius 2 is 1.75 bits per heavy atom. The van der Waals surface area contributed by atoms with Crippen LogP contribution in [0.3, 0.4) is 0 Å². The average molecular weight is 520 g/mol. The van der Waals surface area contributed by atoms with E-state index in [1.54, 1.807) is 25.4 Å². The van der Waals surface area contributed by atoms with E-state index in [-0.39, 0.29) is 12.1 Å². The number of nitrogens with one attached hydrogen (secondary N) is 2. The highest BCUT2D eigenvalue weighted by Gasteiger charge is 2.42. The van der Waals surface area contributed by atoms with Gasteiger partial charge in [0, 0.05) is 29.5 Å². The second-order valence-electron chi connectivity index (χ2n) is 8.39. The number of methoxy groups -OCH3 is 1. The van der Waals surface area contributed by atoms with Crippen LogP contribution in [-0.4, -0.2) is 36.4 Å². The number of anilines is 2. The topological polar surface area (TPSA) is 88.5 Å². The molecule has 5 rings (SSSR count). The van der Waals surface area contributed by atoms with Crippen molar-refractivity contribution in [2.45, 2.75) is 12.1 Å². The van der Waals surface area contributed by atoms with Crippen LogP contribution in [0.1, 0.15) is 23.5 Å². The number of rotatable bonds is 7. The molecule has 8 nitrogen and oxygen atoms in total. The zero-order chi connectivity index (χ0) is 25.3. The van der Waals surface area contributed by atoms with Crippen molar-refractivity contribution in [1.29, 1.82) is 0 Å². The molecule has 2 aromatic heterocycles. The first-order valence-corrected chi connectivity index (χ1v) is 13.5. The first-order chi connectivity index (χ1) is 17.4. The van der Waals surface area contributed by atoms with Crippen LogP contribution in [-0.2, 0) is 10.0 Å². The van der Waals surface area contributed by atoms with E-state index >= 15 is 0 Å². The van der Waals surface area contributed by atoms with Gasteiger partial charge in [-0.25, -0.2) is 8.42 Å². The number of aromatic nitrogens is 2. The summed E-state index contributed by atoms with van der Waals surface area (Å²) in [4.78, 5) is 6.66. The summed E-state index contributed by atoms with van der Waals surface area (Å²) in [5.74, 6) is 0.751. The van der Waals surface area contributed by atoms with Crippen LogP contribution >= 0.6 is 12.2 Å². The van der Waals surface area contributed by atoms with Gasteiger partial charge in [-0.1, -0.05) is 18.2 Å². The van der Waals surface area contributed by atoms with Gasteiger partial charge in [-0.15, -0.1) is 0 Å². The van der Waals surface area contributed by atoms with E-state index in [9.17, 15) is 8.42 Å². The lowest BCUT2D eigenvalue weighted by atomic mass is 10.0. The number of hydrogen-bond acceptors (Lipinski definition) is 5. The molecule has 0 spiro atoms. The summed E-state index contributed by atoms with van der Waals surface area (Å²) >= 11 is 5.82. The molecule has 4 aromatic rings. The molecule has 2 N–H and O–H groups in total. The minimum absolute atomic E-state index is 0.226. The summed E-state index contributed by atoms with van der Waals surface area (Å²) in [5, 5.41) is 4.00. The van der Waals surface area contributed by atoms with Gasteiger partial charge in [0.1, 0.15) is 11.8 Å². The van der Waals surface area contributed by atoms with Gasteiger partial charge in [-0.3, -0.25) is 9.71 Å². The maximum Gasteiger partial charge on any atom is 0.229 e. The maximum atomic E-state index is 11.7. The Hall–Kier alpha value is -3.89. The number of ether oxygens (including phenoxy) is 1. The van der Waals surface area contributed by atoms with Gasteiger partial charge in [-0.2, -0.15) is 0 Å². The monoisotopic (exact) mass is 519 g/mol. The Kier molecular flexibility index (Phi) is 6.38. The molecule has 0 bridgehead atoms. The van der Waals surface area contributed by atoms with Crippen LogP contribution in [0.4, 0.5) is 11.4 Å². The van der Waals surface area contributed by atoms with E-state index < -0.39 is 10.0 Å². The van der Waals surface area contributed by atoms with Gasteiger partial charge < -0.3 is 19.5 Å². The molecule has 1 saturated heterocycles. The summed E-state index contributed by atoms with van der Waals surface area (Å²) in [6.07, 6.45) is 4.89. The molecule has 1 fully saturated rings. The predicted molar refractivity (Wildman–Crippen MR) is 145 cm³/mol. The minimum atomic E-state index is -3.38. The SMILES string of the molecule is COc1ccccc1-n1cccc1[C@@H]1[C@@H](c2ccccn2)NC(=S)N1c1ccc(NS(C)(=O)=O)cc1. The van der Waals surface area contributed by atoms with E-state index in [1.807, 2.05) is 71.8 Å². The molecule has 0 radical (unpaired) electrons. The van der Waals surface area contributed by atoms with E-state index in [0.29, 0.717) is 10.8 Å². The molecule has 2 aromatic carbocycles. The summed E-state index contributed by atoms with van der Waals surface area (Å²) in [6, 6.07) is 24.4. The molecule has 0 amide bonds. The quantitative estimate of drug-likeness (QED) is 0.349. The fourth-order valence-electron chi connectivity index (χ4n) is 4.52. The minimum Gasteiger partial charge on any atom is -0.495 e. The number of para-hydroxylation sites is 2. The summed E-state index contributed by atoms with van der Waals surface area (Å²) < 4.78 is 33.5. The maximum absolute atomic E-state index is 11.7. The lowest BCUT2D eigenvalue weighted by Gasteiger charge is -2.29. The molecule has 1 aliphatic heterocycles. The highest BCUT2D eigenvalue weighted by molar-refractivity contribution is 7.92. The standard InChI is InChI=1S/C26H25N5O3S2/c1-34-23-11-4-3-9-21(23)30-17-7-10-22(30)25-24(20-8-5-6-16-27-20)28-26(35)31(25)19-14-12-18(13-15-19)29-36(2,32)33/h3-17,24-25,29H,1-2H3,(H,28,35)/t24-,25-/m1/s1. The van der Waals surface area contributed by atoms with Crippen molar-refractivity contribution in [3.05, 3.63) is 103 Å². The van der Waals surface area contributed by atoms with Gasteiger partial charge in [0.05, 0.1) is 30.8 Å². The molecule has 184 valence electrons. The second kappa shape index (κ2) is 9.63. The van der Waals surface area contributed by atoms with Gasteiger partial charge in [0.25, 0.3) is 0 Å². The van der Waals surface area contributed by atoms with Crippen molar-refractivity contribution in [2.75, 3.05) is 23.0 Å². The Bertz CT molecular complexity index is 1490. The van der Waals surface area contributed by atoms with Gasteiger partial charge in [0.15, 0.2) is 5.11 Å². The summed E-state index contributed by atoms with van der Waals surface area (Å²) in [5.41, 5.74) is 4.05. The first kappa shape index (κ1) is 23.8. The van der Waals surface area contributed by atoms with Crippen LogP contribution in [0, 0.1) is 0 Å². The fraction of sp³-hybridized carbons (Fsp3) is 0.154. The Morgan fingerprint density at radius 1 is 1.00 bits per heavy atom. The molecule has 0 unspecified atom stereocenters. The molecule has 0 aliphatic carbocycles. The van der Waals surface area contributed by atoms with E-state index in [1.165, 1.54) is 0 Å². The Morgan fingerprint density at radius 3 is 2.44 bits per heavy atom. The third-order valence-electron chi connectivity index (χ3n) is 5.97. The molecule has 1 aliphatic rings. The van der Waals surface area contributed by atoms with Crippen LogP contribution < -0.4 is 19.7 Å². The van der Waals surface area contributed by atoms with Crippen molar-refractivity contribution < 1.29 is 13.2 Å². The zero-order valence-corrected chi connectivity index (χ0v) is 21.3. The molecule has 36 heavy (non-hydrogen) atoms. The van der Waals surface area contributed by atoms with Crippen molar-refractivity contribution in [3.8, 4) is 11.4 Å². The van der Waals surface area contributed by atoms with Crippen molar-refractivity contribution in [1.82, 2.24) is 14.9 Å². The normalized spacial score (nSPS) is 17.6. The number of hydrogen-bond donors (Lipinski definition) is 2. The Balaban J connectivity index is 1.62. The lowest BCUT2D eigenvalue weighted by molar-refractivity contribution is 0.412. The van der Waals surface area contributed by atoms with Gasteiger partial charge >= 0.3 is 0 Å². The van der Waals surface area contributed by atoms with Crippen molar-refractivity contribution in [3.63, 3.8) is 0 Å². The van der Waals surface area contributed by atoms with Crippen LogP contribution in [0.25, 0.3) is 5.69 Å². The number of pyridine rings is 1. The number of sulfonamides is 1. The third-order valence-corrected chi connectivity index (χ3v) is 6.90. The van der Waals surface area contributed by atoms with Crippen LogP contribution in [0.5, 0.6) is 5.75 Å². The van der Waals surface area contributed by atoms with Gasteiger partial charge in [-0.05, 0) is 72.9 Å². The number of benzene rings is 2. The number of nitrogens with zero attached hydrogens (tertiary/aromatic N) is 3. The largest absolute Gasteiger partial charge is 0.495 e. The van der Waals surface area contributed by atoms with E-state index in [0.717, 1.165) is 34.8 Å². The average Bonchev–Trinajstić information content (AvgIpc) is 3.48. The molecule has 0 saturated carbocycles. The highest BCUT2D eigenvalue weighted by atomic mass is 32.2. The molecule has 10 heteroatoms. The van der Waals surface area contributed by atoms with Gasteiger partial charge in [0.2, 0.25) is 10.0 Å². The van der Waals surface area contributed by atoms with Crippen LogP contribution in [0.15, 0.2) is 91.3 Å². The summed E-state index contributed by atoms with van der Waals surface area (Å²) in [6.45, 7) is 0. The third kappa shape index (κ3) is 4.65. The summed E-state index contributed by atoms with van der Waals surface area (Å²) in [7, 11) is -1.72. The Labute approximate surface area is 215 Å².